The van der Waals surface area contributed by atoms with E-state index in [9.17, 15) is 0 Å². The lowest BCUT2D eigenvalue weighted by molar-refractivity contribution is 0.357. The van der Waals surface area contributed by atoms with Gasteiger partial charge in [-0.1, -0.05) is 0 Å². The normalized spacial score (nSPS) is 13.5. The van der Waals surface area contributed by atoms with Gasteiger partial charge in [-0.25, -0.2) is 4.98 Å². The minimum atomic E-state index is 0.462. The molecule has 88 valence electrons. The average molecular weight is 229 g/mol. The van der Waals surface area contributed by atoms with E-state index in [4.69, 9.17) is 10.5 Å². The van der Waals surface area contributed by atoms with Crippen LogP contribution in [0.25, 0.3) is 11.3 Å². The molecule has 0 amide bonds. The van der Waals surface area contributed by atoms with Crippen molar-refractivity contribution in [1.29, 1.82) is 0 Å². The van der Waals surface area contributed by atoms with Crippen LogP contribution in [0, 0.1) is 0 Å². The molecule has 2 heterocycles. The number of aryl methyl sites for hydroxylation is 1. The van der Waals surface area contributed by atoms with Gasteiger partial charge in [0.25, 0.3) is 0 Å². The van der Waals surface area contributed by atoms with E-state index in [1.165, 1.54) is 5.56 Å². The van der Waals surface area contributed by atoms with E-state index in [1.807, 2.05) is 17.7 Å². The molecule has 0 atom stereocenters. The molecule has 0 aliphatic carbocycles. The average Bonchev–Trinajstić information content (AvgIpc) is 2.93. The third-order valence-electron chi connectivity index (χ3n) is 3.17. The number of imidazole rings is 1. The summed E-state index contributed by atoms with van der Waals surface area (Å²) in [6, 6.07) is 6.28. The SMILES string of the molecule is Cn1cnc(CN)c1-c1ccc2c(c1)CCO2. The number of aromatic nitrogens is 2. The van der Waals surface area contributed by atoms with E-state index in [0.29, 0.717) is 6.54 Å². The maximum atomic E-state index is 5.71. The van der Waals surface area contributed by atoms with Gasteiger partial charge in [-0.2, -0.15) is 0 Å². The van der Waals surface area contributed by atoms with Crippen molar-refractivity contribution in [2.24, 2.45) is 12.8 Å². The van der Waals surface area contributed by atoms with Gasteiger partial charge in [0, 0.05) is 25.6 Å². The first-order valence-electron chi connectivity index (χ1n) is 5.76. The van der Waals surface area contributed by atoms with Gasteiger partial charge >= 0.3 is 0 Å². The van der Waals surface area contributed by atoms with E-state index in [0.717, 1.165) is 35.7 Å². The van der Waals surface area contributed by atoms with Gasteiger partial charge in [-0.3, -0.25) is 0 Å². The van der Waals surface area contributed by atoms with Crippen molar-refractivity contribution in [2.45, 2.75) is 13.0 Å². The fourth-order valence-electron chi connectivity index (χ4n) is 2.33. The number of nitrogens with two attached hydrogens (primary N) is 1. The molecule has 4 heteroatoms. The first-order chi connectivity index (χ1) is 8.29. The molecule has 1 aliphatic rings. The highest BCUT2D eigenvalue weighted by atomic mass is 16.5. The first kappa shape index (κ1) is 10.4. The summed E-state index contributed by atoms with van der Waals surface area (Å²) in [6.07, 6.45) is 2.79. The van der Waals surface area contributed by atoms with Gasteiger partial charge in [0.05, 0.1) is 24.3 Å². The highest BCUT2D eigenvalue weighted by Crippen LogP contribution is 2.31. The van der Waals surface area contributed by atoms with Crippen LogP contribution < -0.4 is 10.5 Å². The summed E-state index contributed by atoms with van der Waals surface area (Å²) in [7, 11) is 1.99. The van der Waals surface area contributed by atoms with E-state index < -0.39 is 0 Å². The molecule has 0 radical (unpaired) electrons. The lowest BCUT2D eigenvalue weighted by Crippen LogP contribution is -2.00. The fraction of sp³-hybridized carbons (Fsp3) is 0.308. The number of nitrogens with zero attached hydrogens (tertiary/aromatic N) is 2. The maximum Gasteiger partial charge on any atom is 0.122 e. The highest BCUT2D eigenvalue weighted by Gasteiger charge is 2.15. The molecule has 0 saturated carbocycles. The number of hydrogen-bond acceptors (Lipinski definition) is 3. The second kappa shape index (κ2) is 3.89. The Morgan fingerprint density at radius 1 is 1.47 bits per heavy atom. The van der Waals surface area contributed by atoms with E-state index in [-0.39, 0.29) is 0 Å². The van der Waals surface area contributed by atoms with Crippen LogP contribution in [0.5, 0.6) is 5.75 Å². The number of ether oxygens (including phenoxy) is 1. The summed E-state index contributed by atoms with van der Waals surface area (Å²) in [5, 5.41) is 0. The summed E-state index contributed by atoms with van der Waals surface area (Å²) in [4.78, 5) is 4.31. The van der Waals surface area contributed by atoms with Crippen molar-refractivity contribution < 1.29 is 4.74 Å². The van der Waals surface area contributed by atoms with Crippen LogP contribution in [0.3, 0.4) is 0 Å². The van der Waals surface area contributed by atoms with Crippen LogP contribution in [0.15, 0.2) is 24.5 Å². The predicted octanol–water partition coefficient (Wildman–Crippen LogP) is 1.48. The number of fused-ring (bicyclic) bond motifs is 1. The third kappa shape index (κ3) is 1.61. The zero-order valence-corrected chi connectivity index (χ0v) is 9.81. The molecule has 2 N–H and O–H groups in total. The predicted molar refractivity (Wildman–Crippen MR) is 65.7 cm³/mol. The van der Waals surface area contributed by atoms with Gasteiger partial charge < -0.3 is 15.0 Å². The van der Waals surface area contributed by atoms with Crippen LogP contribution in [-0.2, 0) is 20.0 Å². The number of hydrogen-bond donors (Lipinski definition) is 1. The second-order valence-corrected chi connectivity index (χ2v) is 4.28. The Morgan fingerprint density at radius 3 is 3.18 bits per heavy atom. The standard InChI is InChI=1S/C13H15N3O/c1-16-8-15-11(7-14)13(16)10-2-3-12-9(6-10)4-5-17-12/h2-3,6,8H,4-5,7,14H2,1H3. The summed E-state index contributed by atoms with van der Waals surface area (Å²) >= 11 is 0. The molecule has 4 nitrogen and oxygen atoms in total. The van der Waals surface area contributed by atoms with Crippen molar-refractivity contribution >= 4 is 0 Å². The van der Waals surface area contributed by atoms with Crippen LogP contribution in [0.4, 0.5) is 0 Å². The summed E-state index contributed by atoms with van der Waals surface area (Å²) in [5.41, 5.74) is 10.2. The van der Waals surface area contributed by atoms with Crippen molar-refractivity contribution in [2.75, 3.05) is 6.61 Å². The molecule has 1 aliphatic heterocycles. The summed E-state index contributed by atoms with van der Waals surface area (Å²) < 4.78 is 7.52. The number of rotatable bonds is 2. The second-order valence-electron chi connectivity index (χ2n) is 4.28. The maximum absolute atomic E-state index is 5.71. The quantitative estimate of drug-likeness (QED) is 0.848. The van der Waals surface area contributed by atoms with Gasteiger partial charge in [0.1, 0.15) is 5.75 Å². The Morgan fingerprint density at radius 2 is 2.35 bits per heavy atom. The van der Waals surface area contributed by atoms with Crippen molar-refractivity contribution in [1.82, 2.24) is 9.55 Å². The van der Waals surface area contributed by atoms with Crippen LogP contribution in [-0.4, -0.2) is 16.2 Å². The molecule has 0 spiro atoms. The van der Waals surface area contributed by atoms with Gasteiger partial charge in [0.15, 0.2) is 0 Å². The monoisotopic (exact) mass is 229 g/mol. The van der Waals surface area contributed by atoms with Crippen LogP contribution >= 0.6 is 0 Å². The van der Waals surface area contributed by atoms with Crippen LogP contribution in [0.2, 0.25) is 0 Å². The lowest BCUT2D eigenvalue weighted by atomic mass is 10.0. The molecule has 1 aromatic heterocycles. The molecule has 0 fully saturated rings. The molecule has 2 aromatic rings. The highest BCUT2D eigenvalue weighted by molar-refractivity contribution is 5.65. The van der Waals surface area contributed by atoms with Gasteiger partial charge in [-0.15, -0.1) is 0 Å². The molecule has 0 unspecified atom stereocenters. The molecule has 0 bridgehead atoms. The number of benzene rings is 1. The van der Waals surface area contributed by atoms with E-state index in [2.05, 4.69) is 17.1 Å². The Balaban J connectivity index is 2.12. The lowest BCUT2D eigenvalue weighted by Gasteiger charge is -2.07. The molecule has 1 aromatic carbocycles. The minimum Gasteiger partial charge on any atom is -0.493 e. The van der Waals surface area contributed by atoms with E-state index in [1.54, 1.807) is 6.33 Å². The molecule has 17 heavy (non-hydrogen) atoms. The largest absolute Gasteiger partial charge is 0.493 e. The van der Waals surface area contributed by atoms with Crippen molar-refractivity contribution in [3.63, 3.8) is 0 Å². The zero-order valence-electron chi connectivity index (χ0n) is 9.81. The van der Waals surface area contributed by atoms with Gasteiger partial charge in [-0.05, 0) is 23.8 Å². The Bertz CT molecular complexity index is 560. The van der Waals surface area contributed by atoms with Crippen LogP contribution in [0.1, 0.15) is 11.3 Å². The Hall–Kier alpha value is -1.81. The first-order valence-corrected chi connectivity index (χ1v) is 5.76. The zero-order chi connectivity index (χ0) is 11.8. The minimum absolute atomic E-state index is 0.462. The molecule has 3 rings (SSSR count). The molecule has 0 saturated heterocycles. The van der Waals surface area contributed by atoms with E-state index >= 15 is 0 Å². The smallest absolute Gasteiger partial charge is 0.122 e. The topological polar surface area (TPSA) is 53.1 Å². The van der Waals surface area contributed by atoms with Gasteiger partial charge in [0.2, 0.25) is 0 Å². The van der Waals surface area contributed by atoms with Crippen molar-refractivity contribution in [3.8, 4) is 17.0 Å². The molecular weight excluding hydrogens is 214 g/mol. The third-order valence-corrected chi connectivity index (χ3v) is 3.17. The molecular formula is C13H15N3O. The Labute approximate surface area is 100 Å². The summed E-state index contributed by atoms with van der Waals surface area (Å²) in [5.74, 6) is 1.00. The summed E-state index contributed by atoms with van der Waals surface area (Å²) in [6.45, 7) is 1.25. The van der Waals surface area contributed by atoms with Crippen molar-refractivity contribution in [3.05, 3.63) is 35.8 Å². The fourth-order valence-corrected chi connectivity index (χ4v) is 2.33. The Kier molecular flexibility index (Phi) is 2.37.